The van der Waals surface area contributed by atoms with E-state index in [0.29, 0.717) is 12.4 Å². The van der Waals surface area contributed by atoms with Crippen LogP contribution in [-0.2, 0) is 4.79 Å². The molecule has 2 aliphatic rings. The summed E-state index contributed by atoms with van der Waals surface area (Å²) >= 11 is 0. The van der Waals surface area contributed by atoms with Crippen molar-refractivity contribution in [3.63, 3.8) is 0 Å². The fraction of sp³-hybridized carbons (Fsp3) is 0.269. The maximum absolute atomic E-state index is 13.1. The second-order valence-corrected chi connectivity index (χ2v) is 8.35. The fourth-order valence-electron chi connectivity index (χ4n) is 4.41. The average Bonchev–Trinajstić information content (AvgIpc) is 3.32. The summed E-state index contributed by atoms with van der Waals surface area (Å²) in [6.45, 7) is 5.57. The first-order chi connectivity index (χ1) is 16.2. The van der Waals surface area contributed by atoms with Crippen LogP contribution in [0.15, 0.2) is 87.4 Å². The van der Waals surface area contributed by atoms with Gasteiger partial charge in [-0.15, -0.1) is 0 Å². The van der Waals surface area contributed by atoms with E-state index >= 15 is 0 Å². The molecule has 33 heavy (non-hydrogen) atoms. The summed E-state index contributed by atoms with van der Waals surface area (Å²) in [5.74, 6) is 1.23. The van der Waals surface area contributed by atoms with E-state index in [-0.39, 0.29) is 11.8 Å². The minimum atomic E-state index is -0.210. The van der Waals surface area contributed by atoms with Gasteiger partial charge in [0.1, 0.15) is 5.84 Å². The number of nitrogens with one attached hydrogen (secondary N) is 1. The number of benzene rings is 2. The molecule has 7 nitrogen and oxygen atoms in total. The van der Waals surface area contributed by atoms with E-state index in [1.54, 1.807) is 6.26 Å². The molecule has 1 atom stereocenters. The number of carbonyl (C=O) groups is 1. The van der Waals surface area contributed by atoms with E-state index < -0.39 is 0 Å². The number of amides is 1. The second kappa shape index (κ2) is 9.42. The van der Waals surface area contributed by atoms with Crippen LogP contribution in [-0.4, -0.2) is 55.1 Å². The molecule has 1 aromatic heterocycles. The first-order valence-corrected chi connectivity index (χ1v) is 11.3. The molecule has 0 spiro atoms. The summed E-state index contributed by atoms with van der Waals surface area (Å²) in [7, 11) is 0. The fourth-order valence-corrected chi connectivity index (χ4v) is 4.41. The zero-order valence-corrected chi connectivity index (χ0v) is 18.6. The molecule has 0 unspecified atom stereocenters. The lowest BCUT2D eigenvalue weighted by Gasteiger charge is -2.34. The molecule has 1 fully saturated rings. The molecule has 0 radical (unpaired) electrons. The lowest BCUT2D eigenvalue weighted by atomic mass is 9.93. The van der Waals surface area contributed by atoms with Gasteiger partial charge in [-0.1, -0.05) is 42.5 Å². The Kier molecular flexibility index (Phi) is 6.04. The number of carbonyl (C=O) groups excluding carboxylic acids is 1. The van der Waals surface area contributed by atoms with Crippen molar-refractivity contribution in [2.75, 3.05) is 37.6 Å². The van der Waals surface area contributed by atoms with E-state index in [2.05, 4.69) is 27.2 Å². The summed E-state index contributed by atoms with van der Waals surface area (Å²) in [4.78, 5) is 27.1. The van der Waals surface area contributed by atoms with Gasteiger partial charge in [-0.2, -0.15) is 0 Å². The number of para-hydroxylation sites is 2. The Balaban J connectivity index is 1.32. The number of hydrogen-bond donors (Lipinski definition) is 1. The standard InChI is InChI=1S/C26H27N5O2/c1-19-25(20-8-3-2-4-9-20)26(28-22-11-6-5-10-21(22)27-19)29-23(32)18-30-13-15-31(16-14-30)24-12-7-17-33-24/h2-12,17,25H,13-16,18H2,1H3,(H,28,29,32)/t25-/m1/s1. The second-order valence-electron chi connectivity index (χ2n) is 8.35. The molecule has 7 heteroatoms. The maximum Gasteiger partial charge on any atom is 0.239 e. The van der Waals surface area contributed by atoms with Crippen LogP contribution >= 0.6 is 0 Å². The molecule has 3 aromatic rings. The Bertz CT molecular complexity index is 1160. The SMILES string of the molecule is CC1=Nc2ccccc2N=C(NC(=O)CN2CCN(c3ccco3)CC2)[C@H]1c1ccccc1. The van der Waals surface area contributed by atoms with Crippen molar-refractivity contribution >= 4 is 34.7 Å². The van der Waals surface area contributed by atoms with Gasteiger partial charge >= 0.3 is 0 Å². The molecule has 1 amide bonds. The summed E-state index contributed by atoms with van der Waals surface area (Å²) in [5.41, 5.74) is 3.53. The lowest BCUT2D eigenvalue weighted by Crippen LogP contribution is -2.50. The Morgan fingerprint density at radius 3 is 2.33 bits per heavy atom. The van der Waals surface area contributed by atoms with Gasteiger partial charge in [-0.25, -0.2) is 4.99 Å². The first kappa shape index (κ1) is 21.2. The summed E-state index contributed by atoms with van der Waals surface area (Å²) in [6.07, 6.45) is 1.69. The Morgan fingerprint density at radius 1 is 0.939 bits per heavy atom. The van der Waals surface area contributed by atoms with Gasteiger partial charge in [0.05, 0.1) is 30.1 Å². The zero-order chi connectivity index (χ0) is 22.6. The van der Waals surface area contributed by atoms with Gasteiger partial charge in [0, 0.05) is 38.0 Å². The van der Waals surface area contributed by atoms with Crippen LogP contribution in [0.25, 0.3) is 0 Å². The first-order valence-electron chi connectivity index (χ1n) is 11.3. The number of anilines is 1. The Labute approximate surface area is 193 Å². The normalized spacial score (nSPS) is 18.7. The molecule has 5 rings (SSSR count). The molecule has 2 aliphatic heterocycles. The van der Waals surface area contributed by atoms with Gasteiger partial charge in [-0.05, 0) is 30.7 Å². The van der Waals surface area contributed by atoms with Crippen LogP contribution in [0.1, 0.15) is 18.4 Å². The van der Waals surface area contributed by atoms with Crippen molar-refractivity contribution in [2.24, 2.45) is 9.98 Å². The minimum absolute atomic E-state index is 0.0617. The minimum Gasteiger partial charge on any atom is -0.449 e. The molecule has 3 heterocycles. The van der Waals surface area contributed by atoms with Crippen LogP contribution in [0.4, 0.5) is 17.3 Å². The summed E-state index contributed by atoms with van der Waals surface area (Å²) in [5, 5.41) is 3.12. The highest BCUT2D eigenvalue weighted by atomic mass is 16.3. The molecular weight excluding hydrogens is 414 g/mol. The van der Waals surface area contributed by atoms with Crippen molar-refractivity contribution in [3.05, 3.63) is 78.6 Å². The maximum atomic E-state index is 13.1. The van der Waals surface area contributed by atoms with E-state index in [0.717, 1.165) is 54.7 Å². The van der Waals surface area contributed by atoms with Crippen LogP contribution in [0.2, 0.25) is 0 Å². The highest BCUT2D eigenvalue weighted by molar-refractivity contribution is 6.17. The predicted molar refractivity (Wildman–Crippen MR) is 131 cm³/mol. The van der Waals surface area contributed by atoms with E-state index in [1.165, 1.54) is 0 Å². The molecule has 0 saturated carbocycles. The summed E-state index contributed by atoms with van der Waals surface area (Å²) in [6, 6.07) is 21.7. The third kappa shape index (κ3) is 4.73. The van der Waals surface area contributed by atoms with Gasteiger partial charge in [0.25, 0.3) is 0 Å². The van der Waals surface area contributed by atoms with Crippen molar-refractivity contribution in [2.45, 2.75) is 12.8 Å². The monoisotopic (exact) mass is 441 g/mol. The average molecular weight is 442 g/mol. The van der Waals surface area contributed by atoms with Gasteiger partial charge in [0.2, 0.25) is 5.91 Å². The van der Waals surface area contributed by atoms with Crippen LogP contribution in [0, 0.1) is 0 Å². The molecule has 1 N–H and O–H groups in total. The number of aliphatic imine (C=N–C) groups is 2. The number of amidine groups is 1. The third-order valence-electron chi connectivity index (χ3n) is 6.07. The van der Waals surface area contributed by atoms with Crippen LogP contribution in [0.3, 0.4) is 0 Å². The van der Waals surface area contributed by atoms with E-state index in [9.17, 15) is 4.79 Å². The van der Waals surface area contributed by atoms with Crippen LogP contribution in [0.5, 0.6) is 0 Å². The third-order valence-corrected chi connectivity index (χ3v) is 6.07. The van der Waals surface area contributed by atoms with Gasteiger partial charge < -0.3 is 14.6 Å². The molecule has 0 aliphatic carbocycles. The molecular formula is C26H27N5O2. The number of fused-ring (bicyclic) bond motifs is 1. The molecule has 168 valence electrons. The summed E-state index contributed by atoms with van der Waals surface area (Å²) < 4.78 is 5.50. The van der Waals surface area contributed by atoms with Gasteiger partial charge in [0.15, 0.2) is 5.88 Å². The largest absolute Gasteiger partial charge is 0.449 e. The Morgan fingerprint density at radius 2 is 1.64 bits per heavy atom. The van der Waals surface area contributed by atoms with Crippen molar-refractivity contribution < 1.29 is 9.21 Å². The highest BCUT2D eigenvalue weighted by Crippen LogP contribution is 2.34. The number of furan rings is 1. The quantitative estimate of drug-likeness (QED) is 0.661. The Hall–Kier alpha value is -3.71. The number of rotatable bonds is 4. The molecule has 2 aromatic carbocycles. The number of hydrogen-bond acceptors (Lipinski definition) is 6. The number of piperazine rings is 1. The van der Waals surface area contributed by atoms with Gasteiger partial charge in [-0.3, -0.25) is 14.7 Å². The van der Waals surface area contributed by atoms with Crippen molar-refractivity contribution in [3.8, 4) is 0 Å². The molecule has 0 bridgehead atoms. The van der Waals surface area contributed by atoms with Crippen LogP contribution < -0.4 is 10.2 Å². The molecule has 1 saturated heterocycles. The zero-order valence-electron chi connectivity index (χ0n) is 18.6. The predicted octanol–water partition coefficient (Wildman–Crippen LogP) is 4.14. The highest BCUT2D eigenvalue weighted by Gasteiger charge is 2.27. The lowest BCUT2D eigenvalue weighted by molar-refractivity contribution is -0.120. The smallest absolute Gasteiger partial charge is 0.239 e. The van der Waals surface area contributed by atoms with Crippen molar-refractivity contribution in [1.29, 1.82) is 0 Å². The van der Waals surface area contributed by atoms with E-state index in [1.807, 2.05) is 61.5 Å². The topological polar surface area (TPSA) is 73.4 Å². The number of nitrogens with zero attached hydrogens (tertiary/aromatic N) is 4. The van der Waals surface area contributed by atoms with Crippen molar-refractivity contribution in [1.82, 2.24) is 10.2 Å². The van der Waals surface area contributed by atoms with E-state index in [4.69, 9.17) is 14.4 Å².